The van der Waals surface area contributed by atoms with E-state index in [9.17, 15) is 9.59 Å². The number of thiazole rings is 1. The minimum absolute atomic E-state index is 0.0833. The van der Waals surface area contributed by atoms with Crippen LogP contribution in [0.5, 0.6) is 0 Å². The van der Waals surface area contributed by atoms with E-state index < -0.39 is 12.0 Å². The number of hydrogen-bond donors (Lipinski definition) is 2. The molecule has 1 fully saturated rings. The summed E-state index contributed by atoms with van der Waals surface area (Å²) in [6.45, 7) is 2.33. The summed E-state index contributed by atoms with van der Waals surface area (Å²) < 4.78 is 0. The Morgan fingerprint density at radius 1 is 1.63 bits per heavy atom. The smallest absolute Gasteiger partial charge is 0.326 e. The molecule has 1 aliphatic carbocycles. The summed E-state index contributed by atoms with van der Waals surface area (Å²) in [5, 5.41) is 11.7. The first kappa shape index (κ1) is 13.8. The zero-order valence-corrected chi connectivity index (χ0v) is 11.7. The number of aromatic nitrogens is 1. The van der Waals surface area contributed by atoms with Crippen molar-refractivity contribution in [2.45, 2.75) is 32.4 Å². The maximum atomic E-state index is 12.0. The number of carboxylic acids is 1. The van der Waals surface area contributed by atoms with Gasteiger partial charge >= 0.3 is 12.0 Å². The lowest BCUT2D eigenvalue weighted by Gasteiger charge is -2.21. The van der Waals surface area contributed by atoms with Crippen LogP contribution in [0.3, 0.4) is 0 Å². The van der Waals surface area contributed by atoms with Gasteiger partial charge in [0.25, 0.3) is 0 Å². The van der Waals surface area contributed by atoms with Crippen molar-refractivity contribution >= 4 is 23.3 Å². The molecule has 2 amide bonds. The van der Waals surface area contributed by atoms with E-state index in [0.717, 1.165) is 23.4 Å². The van der Waals surface area contributed by atoms with E-state index in [2.05, 4.69) is 10.3 Å². The summed E-state index contributed by atoms with van der Waals surface area (Å²) in [6, 6.07) is -1.12. The molecule has 6 nitrogen and oxygen atoms in total. The number of aryl methyl sites for hydroxylation is 1. The Kier molecular flexibility index (Phi) is 4.04. The third-order valence-corrected chi connectivity index (χ3v) is 4.13. The number of carbonyl (C=O) groups excluding carboxylic acids is 1. The van der Waals surface area contributed by atoms with E-state index in [0.29, 0.717) is 6.54 Å². The summed E-state index contributed by atoms with van der Waals surface area (Å²) in [6.07, 6.45) is 1.74. The van der Waals surface area contributed by atoms with Crippen LogP contribution in [-0.2, 0) is 11.3 Å². The Morgan fingerprint density at radius 2 is 2.32 bits per heavy atom. The molecular formula is C12H17N3O3S. The first-order valence-electron chi connectivity index (χ1n) is 6.12. The summed E-state index contributed by atoms with van der Waals surface area (Å²) in [4.78, 5) is 29.6. The molecule has 0 spiro atoms. The van der Waals surface area contributed by atoms with Crippen LogP contribution in [0.2, 0.25) is 0 Å². The Morgan fingerprint density at radius 3 is 2.79 bits per heavy atom. The average Bonchev–Trinajstić information content (AvgIpc) is 3.11. The molecule has 7 heteroatoms. The number of nitrogens with zero attached hydrogens (tertiary/aromatic N) is 2. The van der Waals surface area contributed by atoms with E-state index >= 15 is 0 Å². The Bertz CT molecular complexity index is 484. The lowest BCUT2D eigenvalue weighted by atomic mass is 10.2. The number of rotatable bonds is 5. The first-order chi connectivity index (χ1) is 8.99. The van der Waals surface area contributed by atoms with Crippen LogP contribution in [0.25, 0.3) is 0 Å². The van der Waals surface area contributed by atoms with Gasteiger partial charge in [0.2, 0.25) is 0 Å². The van der Waals surface area contributed by atoms with Crippen LogP contribution in [0.1, 0.15) is 23.4 Å². The average molecular weight is 283 g/mol. The van der Waals surface area contributed by atoms with Gasteiger partial charge in [-0.15, -0.1) is 11.3 Å². The highest BCUT2D eigenvalue weighted by molar-refractivity contribution is 7.09. The topological polar surface area (TPSA) is 82.5 Å². The van der Waals surface area contributed by atoms with Gasteiger partial charge in [0.15, 0.2) is 0 Å². The number of carboxylic acid groups (broad SMARTS) is 1. The van der Waals surface area contributed by atoms with Crippen molar-refractivity contribution in [1.82, 2.24) is 15.2 Å². The first-order valence-corrected chi connectivity index (χ1v) is 7.00. The second kappa shape index (κ2) is 5.56. The maximum Gasteiger partial charge on any atom is 0.326 e. The van der Waals surface area contributed by atoms with E-state index in [-0.39, 0.29) is 11.9 Å². The van der Waals surface area contributed by atoms with Gasteiger partial charge in [-0.25, -0.2) is 14.6 Å². The zero-order valence-electron chi connectivity index (χ0n) is 10.9. The van der Waals surface area contributed by atoms with Crippen LogP contribution in [0.4, 0.5) is 4.79 Å². The highest BCUT2D eigenvalue weighted by Crippen LogP contribution is 2.32. The fourth-order valence-corrected chi connectivity index (χ4v) is 2.65. The van der Waals surface area contributed by atoms with E-state index in [1.165, 1.54) is 16.2 Å². The molecule has 0 bridgehead atoms. The van der Waals surface area contributed by atoms with Gasteiger partial charge in [-0.2, -0.15) is 0 Å². The van der Waals surface area contributed by atoms with Gasteiger partial charge in [0.1, 0.15) is 6.04 Å². The zero-order chi connectivity index (χ0) is 14.0. The molecule has 104 valence electrons. The Balaban J connectivity index is 1.91. The van der Waals surface area contributed by atoms with Crippen molar-refractivity contribution in [3.05, 3.63) is 16.1 Å². The molecule has 1 aromatic heterocycles. The molecule has 2 N–H and O–H groups in total. The van der Waals surface area contributed by atoms with Crippen molar-refractivity contribution in [2.75, 3.05) is 7.05 Å². The Hall–Kier alpha value is -1.63. The molecule has 2 rings (SSSR count). The van der Waals surface area contributed by atoms with E-state index in [1.807, 2.05) is 6.92 Å². The number of carbonyl (C=O) groups is 2. The molecule has 1 unspecified atom stereocenters. The highest BCUT2D eigenvalue weighted by Gasteiger charge is 2.37. The van der Waals surface area contributed by atoms with Crippen LogP contribution >= 0.6 is 11.3 Å². The van der Waals surface area contributed by atoms with Crippen molar-refractivity contribution in [3.63, 3.8) is 0 Å². The molecule has 0 aromatic carbocycles. The van der Waals surface area contributed by atoms with Gasteiger partial charge in [0.05, 0.1) is 17.7 Å². The third-order valence-electron chi connectivity index (χ3n) is 3.21. The number of hydrogen-bond acceptors (Lipinski definition) is 4. The summed E-state index contributed by atoms with van der Waals surface area (Å²) in [5.41, 5.74) is 2.64. The Labute approximate surface area is 115 Å². The lowest BCUT2D eigenvalue weighted by Crippen LogP contribution is -2.47. The van der Waals surface area contributed by atoms with Crippen LogP contribution < -0.4 is 5.32 Å². The number of nitrogens with one attached hydrogen (secondary N) is 1. The largest absolute Gasteiger partial charge is 0.480 e. The number of aliphatic carboxylic acids is 1. The minimum Gasteiger partial charge on any atom is -0.480 e. The van der Waals surface area contributed by atoms with Gasteiger partial charge in [-0.05, 0) is 25.7 Å². The standard InChI is InChI=1S/C12H17N3O3S/c1-7-9(19-6-13-7)5-15(2)12(18)14-10(11(16)17)8-3-4-8/h6,8,10H,3-5H2,1-2H3,(H,14,18)(H,16,17). The van der Waals surface area contributed by atoms with Crippen LogP contribution in [0.15, 0.2) is 5.51 Å². The molecule has 1 saturated carbocycles. The molecule has 0 aliphatic heterocycles. The predicted molar refractivity (Wildman–Crippen MR) is 71.0 cm³/mol. The van der Waals surface area contributed by atoms with Crippen LogP contribution in [0, 0.1) is 12.8 Å². The normalized spacial score (nSPS) is 15.9. The molecule has 0 radical (unpaired) electrons. The maximum absolute atomic E-state index is 12.0. The molecule has 1 aliphatic rings. The molecule has 1 atom stereocenters. The molecule has 0 saturated heterocycles. The molecule has 19 heavy (non-hydrogen) atoms. The second-order valence-electron chi connectivity index (χ2n) is 4.82. The molecule has 1 heterocycles. The van der Waals surface area contributed by atoms with Gasteiger partial charge in [0, 0.05) is 11.9 Å². The summed E-state index contributed by atoms with van der Waals surface area (Å²) in [5.74, 6) is -0.877. The fourth-order valence-electron chi connectivity index (χ4n) is 1.82. The van der Waals surface area contributed by atoms with Crippen LogP contribution in [-0.4, -0.2) is 40.1 Å². The quantitative estimate of drug-likeness (QED) is 0.857. The van der Waals surface area contributed by atoms with Gasteiger partial charge in [-0.3, -0.25) is 0 Å². The SMILES string of the molecule is Cc1ncsc1CN(C)C(=O)NC(C(=O)O)C1CC1. The van der Waals surface area contributed by atoms with Crippen molar-refractivity contribution < 1.29 is 14.7 Å². The fraction of sp³-hybridized carbons (Fsp3) is 0.583. The second-order valence-corrected chi connectivity index (χ2v) is 5.76. The minimum atomic E-state index is -0.960. The van der Waals surface area contributed by atoms with E-state index in [4.69, 9.17) is 5.11 Å². The monoisotopic (exact) mass is 283 g/mol. The number of urea groups is 1. The highest BCUT2D eigenvalue weighted by atomic mass is 32.1. The van der Waals surface area contributed by atoms with Crippen molar-refractivity contribution in [1.29, 1.82) is 0 Å². The number of amides is 2. The molecular weight excluding hydrogens is 266 g/mol. The molecule has 1 aromatic rings. The van der Waals surface area contributed by atoms with E-state index in [1.54, 1.807) is 12.6 Å². The van der Waals surface area contributed by atoms with Crippen molar-refractivity contribution in [3.8, 4) is 0 Å². The lowest BCUT2D eigenvalue weighted by molar-refractivity contribution is -0.139. The third kappa shape index (κ3) is 3.44. The van der Waals surface area contributed by atoms with Gasteiger partial charge < -0.3 is 15.3 Å². The summed E-state index contributed by atoms with van der Waals surface area (Å²) >= 11 is 1.49. The summed E-state index contributed by atoms with van der Waals surface area (Å²) in [7, 11) is 1.65. The van der Waals surface area contributed by atoms with Gasteiger partial charge in [-0.1, -0.05) is 0 Å². The predicted octanol–water partition coefficient (Wildman–Crippen LogP) is 1.46. The van der Waals surface area contributed by atoms with Crippen molar-refractivity contribution in [2.24, 2.45) is 5.92 Å².